The van der Waals surface area contributed by atoms with E-state index in [4.69, 9.17) is 9.47 Å². The van der Waals surface area contributed by atoms with Crippen LogP contribution in [0.1, 0.15) is 19.4 Å². The van der Waals surface area contributed by atoms with Crippen LogP contribution in [0.2, 0.25) is 0 Å². The van der Waals surface area contributed by atoms with Crippen LogP contribution in [0.25, 0.3) is 0 Å². The summed E-state index contributed by atoms with van der Waals surface area (Å²) in [5.74, 6) is -0.223. The van der Waals surface area contributed by atoms with E-state index in [9.17, 15) is 13.6 Å². The van der Waals surface area contributed by atoms with Crippen molar-refractivity contribution in [1.29, 1.82) is 0 Å². The maximum Gasteiger partial charge on any atom is 0.313 e. The number of rotatable bonds is 7. The molecule has 3 nitrogen and oxygen atoms in total. The Hall–Kier alpha value is -1.47. The molecule has 0 aliphatic heterocycles. The average Bonchev–Trinajstić information content (AvgIpc) is 3.21. The van der Waals surface area contributed by atoms with Gasteiger partial charge in [-0.05, 0) is 57.1 Å². The largest absolute Gasteiger partial charge is 0.461 e. The Morgan fingerprint density at radius 1 is 1.14 bits per heavy atom. The van der Waals surface area contributed by atoms with Gasteiger partial charge in [0, 0.05) is 0 Å². The zero-order valence-electron chi connectivity index (χ0n) is 15.4. The standard InChI is InChI=1S/C21H20Br2F2O3/c1-20(2)16(18(22)21(23,24)25)17(20)19(26)27-12-13-7-6-10-15(11-13)28-14-8-4-3-5-9-14/h3-11,16-18H,12H2,1-2H3/t16-,17-,18?/m0/s1. The first-order chi connectivity index (χ1) is 13.1. The van der Waals surface area contributed by atoms with Crippen LogP contribution in [0.5, 0.6) is 11.5 Å². The van der Waals surface area contributed by atoms with Crippen molar-refractivity contribution in [3.63, 3.8) is 0 Å². The summed E-state index contributed by atoms with van der Waals surface area (Å²) in [5, 5.41) is 0. The van der Waals surface area contributed by atoms with Gasteiger partial charge in [-0.25, -0.2) is 0 Å². The second-order valence-electron chi connectivity index (χ2n) is 7.44. The van der Waals surface area contributed by atoms with Gasteiger partial charge in [0.05, 0.1) is 10.7 Å². The van der Waals surface area contributed by atoms with Crippen molar-refractivity contribution in [3.8, 4) is 11.5 Å². The lowest BCUT2D eigenvalue weighted by molar-refractivity contribution is -0.147. The molecule has 28 heavy (non-hydrogen) atoms. The summed E-state index contributed by atoms with van der Waals surface area (Å²) in [7, 11) is 0. The Kier molecular flexibility index (Phi) is 6.15. The maximum absolute atomic E-state index is 13.6. The van der Waals surface area contributed by atoms with E-state index in [2.05, 4.69) is 31.9 Å². The maximum atomic E-state index is 13.6. The van der Waals surface area contributed by atoms with Crippen LogP contribution in [0.15, 0.2) is 54.6 Å². The summed E-state index contributed by atoms with van der Waals surface area (Å²) in [6, 6.07) is 16.6. The monoisotopic (exact) mass is 516 g/mol. The molecule has 0 radical (unpaired) electrons. The zero-order chi connectivity index (χ0) is 20.5. The third-order valence-electron chi connectivity index (χ3n) is 5.05. The number of carbonyl (C=O) groups excluding carboxylic acids is 1. The Balaban J connectivity index is 1.60. The lowest BCUT2D eigenvalue weighted by atomic mass is 10.1. The molecule has 2 aromatic carbocycles. The number of esters is 1. The minimum absolute atomic E-state index is 0.0573. The van der Waals surface area contributed by atoms with Gasteiger partial charge in [0.1, 0.15) is 18.1 Å². The van der Waals surface area contributed by atoms with Crippen LogP contribution in [0, 0.1) is 17.3 Å². The first-order valence-electron chi connectivity index (χ1n) is 8.80. The fourth-order valence-corrected chi connectivity index (χ4v) is 4.72. The summed E-state index contributed by atoms with van der Waals surface area (Å²) in [6.07, 6.45) is 0. The highest BCUT2D eigenvalue weighted by molar-refractivity contribution is 9.12. The molecule has 0 bridgehead atoms. The van der Waals surface area contributed by atoms with Gasteiger partial charge in [0.25, 0.3) is 0 Å². The van der Waals surface area contributed by atoms with E-state index in [-0.39, 0.29) is 6.61 Å². The van der Waals surface area contributed by atoms with E-state index < -0.39 is 32.9 Å². The van der Waals surface area contributed by atoms with Crippen LogP contribution < -0.4 is 4.74 Å². The van der Waals surface area contributed by atoms with Crippen molar-refractivity contribution in [1.82, 2.24) is 0 Å². The molecule has 1 aliphatic rings. The van der Waals surface area contributed by atoms with E-state index in [0.29, 0.717) is 11.5 Å². The van der Waals surface area contributed by atoms with E-state index in [0.717, 1.165) is 5.56 Å². The third-order valence-corrected chi connectivity index (χ3v) is 7.30. The molecule has 0 spiro atoms. The Labute approximate surface area is 179 Å². The second kappa shape index (κ2) is 8.11. The lowest BCUT2D eigenvalue weighted by Crippen LogP contribution is -2.25. The highest BCUT2D eigenvalue weighted by Gasteiger charge is 2.68. The highest BCUT2D eigenvalue weighted by atomic mass is 79.9. The number of halogens is 4. The Morgan fingerprint density at radius 3 is 2.43 bits per heavy atom. The van der Waals surface area contributed by atoms with Crippen LogP contribution in [0.3, 0.4) is 0 Å². The number of para-hydroxylation sites is 1. The van der Waals surface area contributed by atoms with Crippen LogP contribution >= 0.6 is 31.9 Å². The first-order valence-corrected chi connectivity index (χ1v) is 10.5. The lowest BCUT2D eigenvalue weighted by Gasteiger charge is -2.16. The molecule has 1 aliphatic carbocycles. The van der Waals surface area contributed by atoms with Crippen molar-refractivity contribution in [2.45, 2.75) is 30.1 Å². The van der Waals surface area contributed by atoms with E-state index in [1.807, 2.05) is 48.5 Å². The van der Waals surface area contributed by atoms with Crippen LogP contribution in [0.4, 0.5) is 8.78 Å². The van der Waals surface area contributed by atoms with Crippen LogP contribution in [-0.2, 0) is 16.1 Å². The molecule has 0 saturated heterocycles. The van der Waals surface area contributed by atoms with E-state index in [1.165, 1.54) is 0 Å². The Morgan fingerprint density at radius 2 is 1.79 bits per heavy atom. The van der Waals surface area contributed by atoms with Gasteiger partial charge >= 0.3 is 10.8 Å². The third kappa shape index (κ3) is 4.74. The molecule has 0 N–H and O–H groups in total. The average molecular weight is 518 g/mol. The summed E-state index contributed by atoms with van der Waals surface area (Å²) in [5.41, 5.74) is 0.207. The second-order valence-corrected chi connectivity index (χ2v) is 9.48. The molecule has 150 valence electrons. The highest BCUT2D eigenvalue weighted by Crippen LogP contribution is 2.64. The normalized spacial score (nSPS) is 21.6. The van der Waals surface area contributed by atoms with Crippen molar-refractivity contribution in [2.75, 3.05) is 0 Å². The molecule has 0 aromatic heterocycles. The minimum atomic E-state index is -3.09. The molecule has 0 heterocycles. The SMILES string of the molecule is CC1(C)[C@H](C(=O)OCc2cccc(Oc3ccccc3)c2)[C@H]1C(Br)C(F)(F)Br. The number of carbonyl (C=O) groups is 1. The molecule has 3 rings (SSSR count). The number of benzene rings is 2. The fraction of sp³-hybridized carbons (Fsp3) is 0.381. The molecular formula is C21H20Br2F2O3. The molecule has 3 atom stereocenters. The first kappa shape index (κ1) is 21.2. The molecule has 2 aromatic rings. The van der Waals surface area contributed by atoms with Gasteiger partial charge in [-0.15, -0.1) is 0 Å². The summed E-state index contributed by atoms with van der Waals surface area (Å²) in [4.78, 5) is 8.24. The molecule has 1 fully saturated rings. The Bertz CT molecular complexity index is 837. The minimum Gasteiger partial charge on any atom is -0.461 e. The van der Waals surface area contributed by atoms with Gasteiger partial charge < -0.3 is 9.47 Å². The molecule has 1 unspecified atom stereocenters. The number of alkyl halides is 4. The molecule has 1 saturated carbocycles. The van der Waals surface area contributed by atoms with Crippen LogP contribution in [-0.4, -0.2) is 15.6 Å². The van der Waals surface area contributed by atoms with E-state index >= 15 is 0 Å². The zero-order valence-corrected chi connectivity index (χ0v) is 18.5. The summed E-state index contributed by atoms with van der Waals surface area (Å²) >= 11 is 5.40. The smallest absolute Gasteiger partial charge is 0.313 e. The fourth-order valence-electron chi connectivity index (χ4n) is 3.45. The van der Waals surface area contributed by atoms with Crippen molar-refractivity contribution in [3.05, 3.63) is 60.2 Å². The number of hydrogen-bond donors (Lipinski definition) is 0. The van der Waals surface area contributed by atoms with Gasteiger partial charge in [0.2, 0.25) is 0 Å². The van der Waals surface area contributed by atoms with Gasteiger partial charge in [-0.3, -0.25) is 4.79 Å². The quantitative estimate of drug-likeness (QED) is 0.309. The van der Waals surface area contributed by atoms with Crippen molar-refractivity contribution in [2.24, 2.45) is 17.3 Å². The predicted octanol–water partition coefficient (Wildman–Crippen LogP) is 6.55. The van der Waals surface area contributed by atoms with Gasteiger partial charge in [-0.1, -0.05) is 60.1 Å². The number of hydrogen-bond acceptors (Lipinski definition) is 3. The van der Waals surface area contributed by atoms with Gasteiger partial charge in [-0.2, -0.15) is 8.78 Å². The summed E-state index contributed by atoms with van der Waals surface area (Å²) in [6.45, 7) is 3.65. The van der Waals surface area contributed by atoms with Crippen molar-refractivity contribution >= 4 is 37.8 Å². The predicted molar refractivity (Wildman–Crippen MR) is 110 cm³/mol. The molecular weight excluding hydrogens is 498 g/mol. The van der Waals surface area contributed by atoms with Gasteiger partial charge in [0.15, 0.2) is 0 Å². The summed E-state index contributed by atoms with van der Waals surface area (Å²) < 4.78 is 38.3. The topological polar surface area (TPSA) is 35.5 Å². The van der Waals surface area contributed by atoms with Crippen molar-refractivity contribution < 1.29 is 23.0 Å². The van der Waals surface area contributed by atoms with E-state index in [1.54, 1.807) is 19.9 Å². The number of ether oxygens (including phenoxy) is 2. The molecule has 7 heteroatoms. The molecule has 0 amide bonds.